The number of phosphoric acid groups is 1. The molecule has 368 valence electrons. The monoisotopic (exact) mass is 907 g/mol. The van der Waals surface area contributed by atoms with Gasteiger partial charge in [-0.05, 0) is 32.1 Å². The number of hydrogen-bond donors (Lipinski definition) is 3. The fourth-order valence-electron chi connectivity index (χ4n) is 7.28. The highest BCUT2D eigenvalue weighted by Crippen LogP contribution is 2.38. The van der Waals surface area contributed by atoms with Crippen molar-refractivity contribution in [1.82, 2.24) is 0 Å². The number of carbonyl (C=O) groups excluding carboxylic acids is 3. The summed E-state index contributed by atoms with van der Waals surface area (Å²) in [4.78, 5) is 49.9. The predicted molar refractivity (Wildman–Crippen MR) is 246 cm³/mol. The third-order valence-corrected chi connectivity index (χ3v) is 12.2. The van der Waals surface area contributed by atoms with Crippen LogP contribution in [0.15, 0.2) is 0 Å². The molecular weight excluding hydrogens is 812 g/mol. The summed E-state index contributed by atoms with van der Waals surface area (Å²) in [7, 11) is -4.99. The second-order valence-electron chi connectivity index (χ2n) is 17.5. The SMILES string of the molecule is CCCCCCCCCCCCCCCCCCCCC(=O)OC(COC(=O)CCCCCCCCCCCCCC)COP(=O)([O-])OCC(O)COC(=O)C(N)CCCC[NH3+]. The molecule has 0 amide bonds. The molecule has 4 atom stereocenters. The molecule has 14 heteroatoms. The van der Waals surface area contributed by atoms with Crippen LogP contribution in [0.3, 0.4) is 0 Å². The Morgan fingerprint density at radius 2 is 0.919 bits per heavy atom. The van der Waals surface area contributed by atoms with Gasteiger partial charge in [0.05, 0.1) is 19.8 Å². The standard InChI is InChI=1S/C48H95N2O11P/c1-3-5-7-9-11-13-15-17-18-19-20-21-22-24-26-28-30-32-37-47(53)61-44(41-57-46(52)36-31-29-27-25-23-16-14-12-10-8-6-4-2)42-60-62(55,56)59-40-43(51)39-58-48(54)45(50)35-33-34-38-49/h43-45,51H,3-42,49-50H2,1-2H3,(H,55,56). The second-order valence-corrected chi connectivity index (χ2v) is 18.9. The summed E-state index contributed by atoms with van der Waals surface area (Å²) in [6.45, 7) is 2.96. The number of hydrogen-bond acceptors (Lipinski definition) is 12. The highest BCUT2D eigenvalue weighted by molar-refractivity contribution is 7.45. The van der Waals surface area contributed by atoms with Crippen molar-refractivity contribution in [2.45, 2.75) is 257 Å². The average Bonchev–Trinajstić information content (AvgIpc) is 3.25. The van der Waals surface area contributed by atoms with E-state index in [0.717, 1.165) is 51.5 Å². The molecule has 13 nitrogen and oxygen atoms in total. The Bertz CT molecular complexity index is 1090. The zero-order chi connectivity index (χ0) is 45.8. The quantitative estimate of drug-likeness (QED) is 0.0225. The first-order valence-electron chi connectivity index (χ1n) is 25.4. The van der Waals surface area contributed by atoms with E-state index in [4.69, 9.17) is 29.0 Å². The van der Waals surface area contributed by atoms with Crippen LogP contribution in [0.2, 0.25) is 0 Å². The lowest BCUT2D eigenvalue weighted by molar-refractivity contribution is -0.368. The Hall–Kier alpha value is -1.60. The van der Waals surface area contributed by atoms with Crippen LogP contribution in [0.4, 0.5) is 0 Å². The summed E-state index contributed by atoms with van der Waals surface area (Å²) in [6, 6.07) is -0.860. The number of esters is 3. The molecule has 0 aromatic rings. The number of aliphatic hydroxyl groups is 1. The van der Waals surface area contributed by atoms with Crippen molar-refractivity contribution in [3.8, 4) is 0 Å². The van der Waals surface area contributed by atoms with Crippen LogP contribution in [0.1, 0.15) is 239 Å². The van der Waals surface area contributed by atoms with Gasteiger partial charge in [0.2, 0.25) is 0 Å². The molecule has 0 saturated carbocycles. The van der Waals surface area contributed by atoms with Crippen LogP contribution >= 0.6 is 7.82 Å². The van der Waals surface area contributed by atoms with Crippen LogP contribution in [-0.2, 0) is 42.2 Å². The summed E-state index contributed by atoms with van der Waals surface area (Å²) in [5, 5.41) is 10.1. The number of phosphoric ester groups is 1. The molecular formula is C48H95N2O11P. The summed E-state index contributed by atoms with van der Waals surface area (Å²) in [6.07, 6.45) is 36.1. The van der Waals surface area contributed by atoms with Gasteiger partial charge < -0.3 is 44.7 Å². The molecule has 0 aromatic heterocycles. The van der Waals surface area contributed by atoms with Crippen molar-refractivity contribution >= 4 is 25.7 Å². The summed E-state index contributed by atoms with van der Waals surface area (Å²) in [5.74, 6) is -1.70. The molecule has 0 fully saturated rings. The molecule has 62 heavy (non-hydrogen) atoms. The molecule has 0 saturated heterocycles. The van der Waals surface area contributed by atoms with Gasteiger partial charge in [0.25, 0.3) is 7.82 Å². The molecule has 0 spiro atoms. The Labute approximate surface area is 378 Å². The third kappa shape index (κ3) is 42.4. The first-order chi connectivity index (χ1) is 30.0. The number of unbranched alkanes of at least 4 members (excludes halogenated alkanes) is 29. The molecule has 0 aliphatic carbocycles. The number of ether oxygens (including phenoxy) is 3. The van der Waals surface area contributed by atoms with Gasteiger partial charge in [-0.25, -0.2) is 0 Å². The lowest BCUT2D eigenvalue weighted by Gasteiger charge is -2.26. The first kappa shape index (κ1) is 60.4. The van der Waals surface area contributed by atoms with Crippen molar-refractivity contribution in [2.24, 2.45) is 5.73 Å². The normalized spacial score (nSPS) is 14.0. The third-order valence-electron chi connectivity index (χ3n) is 11.3. The van der Waals surface area contributed by atoms with E-state index in [1.807, 2.05) is 0 Å². The molecule has 0 bridgehead atoms. The smallest absolute Gasteiger partial charge is 0.322 e. The highest BCUT2D eigenvalue weighted by atomic mass is 31.2. The van der Waals surface area contributed by atoms with Gasteiger partial charge in [-0.1, -0.05) is 194 Å². The molecule has 0 radical (unpaired) electrons. The fourth-order valence-corrected chi connectivity index (χ4v) is 8.06. The minimum atomic E-state index is -4.99. The maximum Gasteiger partial charge on any atom is 0.322 e. The zero-order valence-corrected chi connectivity index (χ0v) is 40.7. The van der Waals surface area contributed by atoms with Crippen LogP contribution < -0.4 is 16.4 Å². The van der Waals surface area contributed by atoms with Gasteiger partial charge in [0.1, 0.15) is 25.4 Å². The highest BCUT2D eigenvalue weighted by Gasteiger charge is 2.23. The van der Waals surface area contributed by atoms with Crippen molar-refractivity contribution in [1.29, 1.82) is 0 Å². The number of quaternary nitrogens is 1. The minimum Gasteiger partial charge on any atom is -0.756 e. The number of nitrogens with two attached hydrogens (primary N) is 1. The van der Waals surface area contributed by atoms with E-state index in [1.54, 1.807) is 0 Å². The van der Waals surface area contributed by atoms with Gasteiger partial charge in [0.15, 0.2) is 6.10 Å². The molecule has 6 N–H and O–H groups in total. The van der Waals surface area contributed by atoms with Crippen LogP contribution in [0, 0.1) is 0 Å². The molecule has 0 heterocycles. The van der Waals surface area contributed by atoms with Crippen LogP contribution in [0.5, 0.6) is 0 Å². The fraction of sp³-hybridized carbons (Fsp3) is 0.938. The largest absolute Gasteiger partial charge is 0.756 e. The van der Waals surface area contributed by atoms with Crippen molar-refractivity contribution in [3.05, 3.63) is 0 Å². The maximum atomic E-state index is 12.8. The molecule has 0 rings (SSSR count). The van der Waals surface area contributed by atoms with Crippen LogP contribution in [0.25, 0.3) is 0 Å². The Balaban J connectivity index is 4.57. The van der Waals surface area contributed by atoms with Crippen molar-refractivity contribution in [2.75, 3.05) is 33.0 Å². The lowest BCUT2D eigenvalue weighted by Crippen LogP contribution is -2.50. The van der Waals surface area contributed by atoms with E-state index >= 15 is 0 Å². The summed E-state index contributed by atoms with van der Waals surface area (Å²) < 4.78 is 38.2. The van der Waals surface area contributed by atoms with E-state index in [2.05, 4.69) is 19.6 Å². The van der Waals surface area contributed by atoms with Gasteiger partial charge in [-0.2, -0.15) is 0 Å². The number of aliphatic hydroxyl groups excluding tert-OH is 1. The van der Waals surface area contributed by atoms with Crippen LogP contribution in [-0.4, -0.2) is 74.2 Å². The molecule has 0 aliphatic heterocycles. The van der Waals surface area contributed by atoms with Gasteiger partial charge >= 0.3 is 17.9 Å². The zero-order valence-electron chi connectivity index (χ0n) is 39.8. The maximum absolute atomic E-state index is 12.8. The summed E-state index contributed by atoms with van der Waals surface area (Å²) in [5.41, 5.74) is 9.54. The minimum absolute atomic E-state index is 0.151. The molecule has 0 aromatic carbocycles. The van der Waals surface area contributed by atoms with Crippen molar-refractivity contribution < 1.29 is 57.9 Å². The molecule has 4 unspecified atom stereocenters. The van der Waals surface area contributed by atoms with E-state index in [9.17, 15) is 28.9 Å². The average molecular weight is 907 g/mol. The Morgan fingerprint density at radius 1 is 0.532 bits per heavy atom. The lowest BCUT2D eigenvalue weighted by atomic mass is 10.0. The van der Waals surface area contributed by atoms with E-state index in [-0.39, 0.29) is 19.4 Å². The Kier molecular flexibility index (Phi) is 43.4. The number of rotatable bonds is 48. The van der Waals surface area contributed by atoms with Gasteiger partial charge in [-0.15, -0.1) is 0 Å². The second kappa shape index (κ2) is 44.6. The van der Waals surface area contributed by atoms with Gasteiger partial charge in [0, 0.05) is 12.8 Å². The summed E-state index contributed by atoms with van der Waals surface area (Å²) >= 11 is 0. The molecule has 0 aliphatic rings. The topological polar surface area (TPSA) is 211 Å². The van der Waals surface area contributed by atoms with Crippen molar-refractivity contribution in [3.63, 3.8) is 0 Å². The van der Waals surface area contributed by atoms with E-state index < -0.39 is 63.8 Å². The Morgan fingerprint density at radius 3 is 1.34 bits per heavy atom. The van der Waals surface area contributed by atoms with E-state index in [0.29, 0.717) is 25.7 Å². The predicted octanol–water partition coefficient (Wildman–Crippen LogP) is 10.1. The first-order valence-corrected chi connectivity index (χ1v) is 26.8. The van der Waals surface area contributed by atoms with Gasteiger partial charge in [-0.3, -0.25) is 18.9 Å². The van der Waals surface area contributed by atoms with E-state index in [1.165, 1.54) is 141 Å². The number of carbonyl (C=O) groups is 3.